The molecule has 2 aromatic carbocycles. The van der Waals surface area contributed by atoms with Gasteiger partial charge >= 0.3 is 0 Å². The first-order chi connectivity index (χ1) is 14.3. The van der Waals surface area contributed by atoms with Crippen molar-refractivity contribution in [2.45, 2.75) is 83.5 Å². The van der Waals surface area contributed by atoms with Crippen molar-refractivity contribution in [1.29, 1.82) is 0 Å². The van der Waals surface area contributed by atoms with E-state index in [2.05, 4.69) is 31.2 Å². The summed E-state index contributed by atoms with van der Waals surface area (Å²) in [6.45, 7) is 3.08. The summed E-state index contributed by atoms with van der Waals surface area (Å²) >= 11 is 0. The van der Waals surface area contributed by atoms with Crippen molar-refractivity contribution in [3.8, 4) is 11.5 Å². The first-order valence-corrected chi connectivity index (χ1v) is 11.8. The summed E-state index contributed by atoms with van der Waals surface area (Å²) in [5, 5.41) is 9.92. The van der Waals surface area contributed by atoms with Crippen molar-refractivity contribution < 1.29 is 9.84 Å². The van der Waals surface area contributed by atoms with Crippen LogP contribution in [0.5, 0.6) is 11.5 Å². The molecule has 0 saturated heterocycles. The SMILES string of the molecule is CCC(CCCCOc1ccc(C2CCCCC2)cc1)CCc1ccccc1O. The van der Waals surface area contributed by atoms with Crippen LogP contribution in [0.4, 0.5) is 0 Å². The van der Waals surface area contributed by atoms with Crippen molar-refractivity contribution in [2.75, 3.05) is 6.61 Å². The van der Waals surface area contributed by atoms with Gasteiger partial charge in [-0.1, -0.05) is 69.4 Å². The van der Waals surface area contributed by atoms with Gasteiger partial charge in [0.15, 0.2) is 0 Å². The Hall–Kier alpha value is -1.96. The van der Waals surface area contributed by atoms with E-state index in [9.17, 15) is 5.11 Å². The summed E-state index contributed by atoms with van der Waals surface area (Å²) in [5.74, 6) is 2.94. The minimum Gasteiger partial charge on any atom is -0.508 e. The summed E-state index contributed by atoms with van der Waals surface area (Å²) < 4.78 is 5.98. The maximum atomic E-state index is 9.92. The lowest BCUT2D eigenvalue weighted by atomic mass is 9.84. The molecule has 29 heavy (non-hydrogen) atoms. The Morgan fingerprint density at radius 3 is 2.41 bits per heavy atom. The topological polar surface area (TPSA) is 29.5 Å². The molecule has 1 saturated carbocycles. The van der Waals surface area contributed by atoms with Crippen molar-refractivity contribution in [3.05, 3.63) is 59.7 Å². The standard InChI is InChI=1S/C27H38O2/c1-2-22(15-16-25-13-6-7-14-27(25)28)10-8-9-21-29-26-19-17-24(18-20-26)23-11-4-3-5-12-23/h6-7,13-14,17-20,22-23,28H,2-5,8-12,15-16,21H2,1H3. The zero-order valence-corrected chi connectivity index (χ0v) is 18.1. The number of phenolic OH excluding ortho intramolecular Hbond substituents is 1. The van der Waals surface area contributed by atoms with E-state index in [1.54, 1.807) is 6.07 Å². The van der Waals surface area contributed by atoms with Gasteiger partial charge in [-0.15, -0.1) is 0 Å². The molecule has 2 aromatic rings. The number of hydrogen-bond acceptors (Lipinski definition) is 2. The number of para-hydroxylation sites is 1. The lowest BCUT2D eigenvalue weighted by Gasteiger charge is -2.22. The number of ether oxygens (including phenoxy) is 1. The predicted octanol–water partition coefficient (Wildman–Crippen LogP) is 7.65. The number of rotatable bonds is 11. The quantitative estimate of drug-likeness (QED) is 0.397. The molecule has 1 aliphatic carbocycles. The average Bonchev–Trinajstić information content (AvgIpc) is 2.77. The van der Waals surface area contributed by atoms with E-state index in [-0.39, 0.29) is 0 Å². The lowest BCUT2D eigenvalue weighted by molar-refractivity contribution is 0.295. The monoisotopic (exact) mass is 394 g/mol. The number of phenols is 1. The summed E-state index contributed by atoms with van der Waals surface area (Å²) in [6, 6.07) is 16.6. The van der Waals surface area contributed by atoms with Gasteiger partial charge in [0.05, 0.1) is 6.61 Å². The molecule has 2 heteroatoms. The number of aryl methyl sites for hydroxylation is 1. The fraction of sp³-hybridized carbons (Fsp3) is 0.556. The summed E-state index contributed by atoms with van der Waals surface area (Å²) in [5.41, 5.74) is 2.57. The highest BCUT2D eigenvalue weighted by Crippen LogP contribution is 2.33. The van der Waals surface area contributed by atoms with Crippen molar-refractivity contribution in [2.24, 2.45) is 5.92 Å². The summed E-state index contributed by atoms with van der Waals surface area (Å²) in [6.07, 6.45) is 13.8. The molecular weight excluding hydrogens is 356 g/mol. The molecular formula is C27H38O2. The van der Waals surface area contributed by atoms with E-state index in [0.29, 0.717) is 5.75 Å². The minimum absolute atomic E-state index is 0.435. The number of benzene rings is 2. The third kappa shape index (κ3) is 7.10. The highest BCUT2D eigenvalue weighted by atomic mass is 16.5. The first-order valence-electron chi connectivity index (χ1n) is 11.8. The maximum absolute atomic E-state index is 9.92. The van der Waals surface area contributed by atoms with Crippen LogP contribution in [-0.2, 0) is 6.42 Å². The second-order valence-corrected chi connectivity index (χ2v) is 8.69. The van der Waals surface area contributed by atoms with Gasteiger partial charge < -0.3 is 9.84 Å². The van der Waals surface area contributed by atoms with Gasteiger partial charge in [-0.2, -0.15) is 0 Å². The van der Waals surface area contributed by atoms with Crippen molar-refractivity contribution in [3.63, 3.8) is 0 Å². The fourth-order valence-corrected chi connectivity index (χ4v) is 4.63. The van der Waals surface area contributed by atoms with E-state index in [1.807, 2.05) is 18.2 Å². The number of aromatic hydroxyl groups is 1. The fourth-order valence-electron chi connectivity index (χ4n) is 4.63. The van der Waals surface area contributed by atoms with Gasteiger partial charge in [0, 0.05) is 0 Å². The summed E-state index contributed by atoms with van der Waals surface area (Å²) in [7, 11) is 0. The van der Waals surface area contributed by atoms with Crippen LogP contribution in [0.15, 0.2) is 48.5 Å². The molecule has 0 amide bonds. The zero-order chi connectivity index (χ0) is 20.3. The highest BCUT2D eigenvalue weighted by molar-refractivity contribution is 5.32. The van der Waals surface area contributed by atoms with Crippen LogP contribution in [0.3, 0.4) is 0 Å². The Bertz CT molecular complexity index is 701. The van der Waals surface area contributed by atoms with Crippen LogP contribution < -0.4 is 4.74 Å². The Labute approximate surface area is 177 Å². The largest absolute Gasteiger partial charge is 0.508 e. The van der Waals surface area contributed by atoms with E-state index in [1.165, 1.54) is 56.9 Å². The number of hydrogen-bond donors (Lipinski definition) is 1. The van der Waals surface area contributed by atoms with Crippen LogP contribution in [-0.4, -0.2) is 11.7 Å². The van der Waals surface area contributed by atoms with E-state index < -0.39 is 0 Å². The van der Waals surface area contributed by atoms with Gasteiger partial charge in [0.25, 0.3) is 0 Å². The summed E-state index contributed by atoms with van der Waals surface area (Å²) in [4.78, 5) is 0. The van der Waals surface area contributed by atoms with E-state index in [0.717, 1.165) is 49.0 Å². The Morgan fingerprint density at radius 1 is 0.931 bits per heavy atom. The van der Waals surface area contributed by atoms with Gasteiger partial charge in [-0.3, -0.25) is 0 Å². The van der Waals surface area contributed by atoms with Crippen LogP contribution >= 0.6 is 0 Å². The Kier molecular flexibility index (Phi) is 8.92. The minimum atomic E-state index is 0.435. The van der Waals surface area contributed by atoms with Gasteiger partial charge in [-0.25, -0.2) is 0 Å². The lowest BCUT2D eigenvalue weighted by Crippen LogP contribution is -2.05. The Balaban J connectivity index is 1.31. The van der Waals surface area contributed by atoms with Gasteiger partial charge in [0.1, 0.15) is 11.5 Å². The molecule has 1 fully saturated rings. The highest BCUT2D eigenvalue weighted by Gasteiger charge is 2.15. The van der Waals surface area contributed by atoms with Crippen molar-refractivity contribution >= 4 is 0 Å². The molecule has 0 heterocycles. The van der Waals surface area contributed by atoms with Crippen molar-refractivity contribution in [1.82, 2.24) is 0 Å². The molecule has 158 valence electrons. The molecule has 1 N–H and O–H groups in total. The molecule has 3 rings (SSSR count). The van der Waals surface area contributed by atoms with E-state index >= 15 is 0 Å². The predicted molar refractivity (Wildman–Crippen MR) is 122 cm³/mol. The molecule has 0 radical (unpaired) electrons. The molecule has 0 aliphatic heterocycles. The third-order valence-corrected chi connectivity index (χ3v) is 6.62. The van der Waals surface area contributed by atoms with Crippen LogP contribution in [0.25, 0.3) is 0 Å². The molecule has 1 unspecified atom stereocenters. The second-order valence-electron chi connectivity index (χ2n) is 8.69. The smallest absolute Gasteiger partial charge is 0.119 e. The number of unbranched alkanes of at least 4 members (excludes halogenated alkanes) is 1. The molecule has 1 aliphatic rings. The third-order valence-electron chi connectivity index (χ3n) is 6.62. The molecule has 0 aromatic heterocycles. The first kappa shape index (κ1) is 21.7. The van der Waals surface area contributed by atoms with Crippen LogP contribution in [0, 0.1) is 5.92 Å². The Morgan fingerprint density at radius 2 is 1.69 bits per heavy atom. The normalized spacial score (nSPS) is 15.9. The average molecular weight is 395 g/mol. The molecule has 2 nitrogen and oxygen atoms in total. The molecule has 0 bridgehead atoms. The molecule has 0 spiro atoms. The zero-order valence-electron chi connectivity index (χ0n) is 18.1. The van der Waals surface area contributed by atoms with Crippen LogP contribution in [0.2, 0.25) is 0 Å². The van der Waals surface area contributed by atoms with Gasteiger partial charge in [-0.05, 0) is 79.7 Å². The molecule has 1 atom stereocenters. The van der Waals surface area contributed by atoms with Gasteiger partial charge in [0.2, 0.25) is 0 Å². The van der Waals surface area contributed by atoms with Crippen LogP contribution in [0.1, 0.15) is 88.2 Å². The van der Waals surface area contributed by atoms with E-state index in [4.69, 9.17) is 4.74 Å². The second kappa shape index (κ2) is 11.9. The maximum Gasteiger partial charge on any atom is 0.119 e.